The third-order valence-corrected chi connectivity index (χ3v) is 2.15. The maximum absolute atomic E-state index is 10.3. The van der Waals surface area contributed by atoms with Gasteiger partial charge in [-0.1, -0.05) is 31.2 Å². The molecule has 0 atom stereocenters. The van der Waals surface area contributed by atoms with Crippen molar-refractivity contribution in [2.45, 2.75) is 26.2 Å². The molecule has 66 valence electrons. The molecular weight excluding hydrogens is 152 g/mol. The number of rotatable bonds is 3. The first-order valence-electron chi connectivity index (χ1n) is 4.20. The van der Waals surface area contributed by atoms with Crippen LogP contribution in [0.5, 0.6) is 0 Å². The van der Waals surface area contributed by atoms with E-state index in [1.54, 1.807) is 0 Å². The summed E-state index contributed by atoms with van der Waals surface area (Å²) in [6, 6.07) is 0. The molecule has 1 rings (SSSR count). The molecule has 0 heterocycles. The van der Waals surface area contributed by atoms with E-state index in [0.717, 1.165) is 6.42 Å². The van der Waals surface area contributed by atoms with Crippen molar-refractivity contribution in [2.24, 2.45) is 5.41 Å². The Morgan fingerprint density at radius 3 is 2.58 bits per heavy atom. The summed E-state index contributed by atoms with van der Waals surface area (Å²) >= 11 is 0. The maximum Gasteiger partial charge on any atom is 0.303 e. The molecule has 0 spiro atoms. The lowest BCUT2D eigenvalue weighted by atomic mass is 9.82. The highest BCUT2D eigenvalue weighted by atomic mass is 16.4. The second kappa shape index (κ2) is 3.57. The van der Waals surface area contributed by atoms with Crippen molar-refractivity contribution in [1.82, 2.24) is 0 Å². The Labute approximate surface area is 72.6 Å². The van der Waals surface area contributed by atoms with E-state index in [1.807, 2.05) is 0 Å². The van der Waals surface area contributed by atoms with Crippen LogP contribution in [0.4, 0.5) is 0 Å². The first kappa shape index (κ1) is 9.04. The summed E-state index contributed by atoms with van der Waals surface area (Å²) < 4.78 is 0. The first-order valence-corrected chi connectivity index (χ1v) is 4.20. The van der Waals surface area contributed by atoms with Gasteiger partial charge in [0.25, 0.3) is 0 Å². The van der Waals surface area contributed by atoms with Gasteiger partial charge in [-0.2, -0.15) is 0 Å². The fourth-order valence-corrected chi connectivity index (χ4v) is 1.35. The minimum absolute atomic E-state index is 0.0311. The lowest BCUT2D eigenvalue weighted by molar-refractivity contribution is -0.137. The van der Waals surface area contributed by atoms with Gasteiger partial charge >= 0.3 is 5.97 Å². The van der Waals surface area contributed by atoms with E-state index in [2.05, 4.69) is 31.2 Å². The summed E-state index contributed by atoms with van der Waals surface area (Å²) in [6.07, 6.45) is 10.3. The molecule has 0 unspecified atom stereocenters. The molecule has 0 saturated heterocycles. The van der Waals surface area contributed by atoms with Crippen LogP contribution in [0.3, 0.4) is 0 Å². The Kier molecular flexibility index (Phi) is 2.69. The fourth-order valence-electron chi connectivity index (χ4n) is 1.35. The van der Waals surface area contributed by atoms with Gasteiger partial charge in [0, 0.05) is 11.8 Å². The number of carbonyl (C=O) groups is 1. The van der Waals surface area contributed by atoms with Crippen molar-refractivity contribution in [2.75, 3.05) is 0 Å². The highest BCUT2D eigenvalue weighted by molar-refractivity contribution is 5.66. The Morgan fingerprint density at radius 2 is 2.08 bits per heavy atom. The van der Waals surface area contributed by atoms with E-state index in [1.165, 1.54) is 0 Å². The quantitative estimate of drug-likeness (QED) is 0.653. The van der Waals surface area contributed by atoms with Crippen molar-refractivity contribution in [3.63, 3.8) is 0 Å². The van der Waals surface area contributed by atoms with Crippen LogP contribution in [0.15, 0.2) is 24.3 Å². The monoisotopic (exact) mass is 166 g/mol. The van der Waals surface area contributed by atoms with Crippen molar-refractivity contribution >= 4 is 5.97 Å². The van der Waals surface area contributed by atoms with Crippen LogP contribution in [-0.4, -0.2) is 11.1 Å². The smallest absolute Gasteiger partial charge is 0.303 e. The van der Waals surface area contributed by atoms with Crippen LogP contribution in [0.2, 0.25) is 0 Å². The number of carboxylic acids is 1. The topological polar surface area (TPSA) is 37.3 Å². The molecule has 12 heavy (non-hydrogen) atoms. The molecule has 0 bridgehead atoms. The summed E-state index contributed by atoms with van der Waals surface area (Å²) in [4.78, 5) is 10.3. The van der Waals surface area contributed by atoms with Crippen LogP contribution < -0.4 is 0 Å². The predicted octanol–water partition coefficient (Wildman–Crippen LogP) is 2.37. The van der Waals surface area contributed by atoms with Gasteiger partial charge in [-0.15, -0.1) is 0 Å². The molecule has 2 nitrogen and oxygen atoms in total. The largest absolute Gasteiger partial charge is 0.481 e. The second-order valence-electron chi connectivity index (χ2n) is 3.44. The average molecular weight is 166 g/mol. The van der Waals surface area contributed by atoms with Crippen LogP contribution in [0.1, 0.15) is 26.2 Å². The predicted molar refractivity (Wildman–Crippen MR) is 47.9 cm³/mol. The molecule has 0 aromatic heterocycles. The Morgan fingerprint density at radius 1 is 1.50 bits per heavy atom. The number of hydrogen-bond acceptors (Lipinski definition) is 1. The Hall–Kier alpha value is -1.05. The normalized spacial score (nSPS) is 19.4. The molecule has 2 heteroatoms. The zero-order valence-corrected chi connectivity index (χ0v) is 7.29. The third kappa shape index (κ3) is 2.53. The molecule has 0 radical (unpaired) electrons. The van der Waals surface area contributed by atoms with E-state index >= 15 is 0 Å². The van der Waals surface area contributed by atoms with E-state index in [4.69, 9.17) is 5.11 Å². The van der Waals surface area contributed by atoms with Gasteiger partial charge < -0.3 is 5.11 Å². The van der Waals surface area contributed by atoms with Gasteiger partial charge in [0.15, 0.2) is 0 Å². The van der Waals surface area contributed by atoms with E-state index in [9.17, 15) is 4.79 Å². The summed E-state index contributed by atoms with van der Waals surface area (Å²) in [6.45, 7) is 2.06. The second-order valence-corrected chi connectivity index (χ2v) is 3.44. The summed E-state index contributed by atoms with van der Waals surface area (Å²) in [5.74, 6) is -0.719. The lowest BCUT2D eigenvalue weighted by Crippen LogP contribution is -2.13. The molecule has 1 N–H and O–H groups in total. The molecule has 0 amide bonds. The first-order chi connectivity index (χ1) is 5.62. The fraction of sp³-hybridized carbons (Fsp3) is 0.500. The minimum atomic E-state index is -0.719. The van der Waals surface area contributed by atoms with Gasteiger partial charge in [-0.25, -0.2) is 0 Å². The minimum Gasteiger partial charge on any atom is -0.481 e. The zero-order valence-electron chi connectivity index (χ0n) is 7.29. The van der Waals surface area contributed by atoms with Crippen molar-refractivity contribution < 1.29 is 9.90 Å². The van der Waals surface area contributed by atoms with Crippen LogP contribution in [0.25, 0.3) is 0 Å². The summed E-state index contributed by atoms with van der Waals surface area (Å²) in [5.41, 5.74) is -0.0311. The third-order valence-electron chi connectivity index (χ3n) is 2.15. The zero-order chi connectivity index (χ0) is 9.03. The summed E-state index contributed by atoms with van der Waals surface area (Å²) in [7, 11) is 0. The molecule has 0 aromatic rings. The Balaban J connectivity index is 2.48. The van der Waals surface area contributed by atoms with Gasteiger partial charge in [-0.05, 0) is 12.8 Å². The van der Waals surface area contributed by atoms with Crippen molar-refractivity contribution in [3.05, 3.63) is 24.3 Å². The molecule has 0 fully saturated rings. The van der Waals surface area contributed by atoms with Crippen LogP contribution in [-0.2, 0) is 4.79 Å². The van der Waals surface area contributed by atoms with E-state index in [0.29, 0.717) is 6.42 Å². The van der Waals surface area contributed by atoms with Crippen LogP contribution >= 0.6 is 0 Å². The van der Waals surface area contributed by atoms with Crippen molar-refractivity contribution in [1.29, 1.82) is 0 Å². The molecule has 1 aliphatic carbocycles. The number of hydrogen-bond donors (Lipinski definition) is 1. The molecular formula is C10H14O2. The SMILES string of the molecule is CC1(CCC(=O)O)C=CCC=C1. The molecule has 1 aliphatic rings. The standard InChI is InChI=1S/C10H14O2/c1-10(8-5-9(11)12)6-3-2-4-7-10/h3-4,6-7H,2,5,8H2,1H3,(H,11,12). The van der Waals surface area contributed by atoms with Gasteiger partial charge in [0.05, 0.1) is 0 Å². The molecule has 0 aliphatic heterocycles. The van der Waals surface area contributed by atoms with Gasteiger partial charge in [-0.3, -0.25) is 4.79 Å². The maximum atomic E-state index is 10.3. The highest BCUT2D eigenvalue weighted by Gasteiger charge is 2.19. The Bertz CT molecular complexity index is 214. The van der Waals surface area contributed by atoms with Crippen molar-refractivity contribution in [3.8, 4) is 0 Å². The van der Waals surface area contributed by atoms with E-state index in [-0.39, 0.29) is 11.8 Å². The lowest BCUT2D eigenvalue weighted by Gasteiger charge is -2.23. The van der Waals surface area contributed by atoms with Gasteiger partial charge in [0.2, 0.25) is 0 Å². The number of carboxylic acid groups (broad SMARTS) is 1. The highest BCUT2D eigenvalue weighted by Crippen LogP contribution is 2.29. The number of allylic oxidation sites excluding steroid dienone is 4. The summed E-state index contributed by atoms with van der Waals surface area (Å²) in [5, 5.41) is 8.51. The van der Waals surface area contributed by atoms with E-state index < -0.39 is 5.97 Å². The molecule has 0 saturated carbocycles. The number of aliphatic carboxylic acids is 1. The molecule has 0 aromatic carbocycles. The average Bonchev–Trinajstić information content (AvgIpc) is 2.03. The van der Waals surface area contributed by atoms with Gasteiger partial charge in [0.1, 0.15) is 0 Å². The van der Waals surface area contributed by atoms with Crippen LogP contribution in [0, 0.1) is 5.41 Å².